The van der Waals surface area contributed by atoms with Gasteiger partial charge in [0.15, 0.2) is 0 Å². The van der Waals surface area contributed by atoms with Crippen molar-refractivity contribution in [1.29, 1.82) is 0 Å². The lowest BCUT2D eigenvalue weighted by atomic mass is 9.90. The molecule has 0 spiro atoms. The Balaban J connectivity index is 1.80. The van der Waals surface area contributed by atoms with Crippen LogP contribution in [0.1, 0.15) is 17.0 Å². The third-order valence-electron chi connectivity index (χ3n) is 4.54. The Hall–Kier alpha value is -1.92. The second kappa shape index (κ2) is 6.91. The van der Waals surface area contributed by atoms with Crippen LogP contribution in [0.2, 0.25) is 5.02 Å². The Labute approximate surface area is 145 Å². The van der Waals surface area contributed by atoms with Crippen LogP contribution in [0, 0.1) is 11.7 Å². The van der Waals surface area contributed by atoms with Crippen molar-refractivity contribution in [2.45, 2.75) is 12.5 Å². The lowest BCUT2D eigenvalue weighted by molar-refractivity contribution is -0.124. The van der Waals surface area contributed by atoms with E-state index < -0.39 is 0 Å². The molecule has 1 amide bonds. The summed E-state index contributed by atoms with van der Waals surface area (Å²) in [4.78, 5) is 14.4. The monoisotopic (exact) mass is 350 g/mol. The van der Waals surface area contributed by atoms with Gasteiger partial charge in [-0.05, 0) is 17.7 Å². The van der Waals surface area contributed by atoms with Crippen LogP contribution >= 0.6 is 11.6 Å². The molecule has 0 unspecified atom stereocenters. The van der Waals surface area contributed by atoms with Crippen molar-refractivity contribution in [2.24, 2.45) is 13.0 Å². The summed E-state index contributed by atoms with van der Waals surface area (Å²) in [6, 6.07) is 4.70. The molecular formula is C17H20ClFN4O. The zero-order chi connectivity index (χ0) is 17.3. The van der Waals surface area contributed by atoms with E-state index in [9.17, 15) is 9.18 Å². The number of aryl methyl sites for hydroxylation is 1. The van der Waals surface area contributed by atoms with Crippen molar-refractivity contribution >= 4 is 17.5 Å². The zero-order valence-corrected chi connectivity index (χ0v) is 14.4. The fourth-order valence-corrected chi connectivity index (χ4v) is 3.48. The highest BCUT2D eigenvalue weighted by molar-refractivity contribution is 6.30. The summed E-state index contributed by atoms with van der Waals surface area (Å²) in [7, 11) is 3.50. The fourth-order valence-electron chi connectivity index (χ4n) is 3.33. The number of carbonyl (C=O) groups excluding carboxylic acids is 1. The standard InChI is InChI=1S/C17H20ClFN4O/c1-20-17(24)15-10-23(8-11-3-4-13(18)5-16(11)19)9-14(15)12-6-21-22(2)7-12/h3-7,14-15H,8-10H2,1-2H3,(H,20,24)/t14-,15+/m1/s1. The maximum Gasteiger partial charge on any atom is 0.224 e. The summed E-state index contributed by atoms with van der Waals surface area (Å²) in [5.74, 6) is -0.435. The topological polar surface area (TPSA) is 50.2 Å². The summed E-state index contributed by atoms with van der Waals surface area (Å²) in [5, 5.41) is 7.32. The molecular weight excluding hydrogens is 331 g/mol. The molecule has 7 heteroatoms. The summed E-state index contributed by atoms with van der Waals surface area (Å²) in [6.07, 6.45) is 3.74. The number of amides is 1. The molecule has 1 aromatic heterocycles. The number of rotatable bonds is 4. The average Bonchev–Trinajstić information content (AvgIpc) is 3.15. The zero-order valence-electron chi connectivity index (χ0n) is 13.7. The number of likely N-dealkylation sites (tertiary alicyclic amines) is 1. The third kappa shape index (κ3) is 3.44. The molecule has 0 radical (unpaired) electrons. The van der Waals surface area contributed by atoms with Gasteiger partial charge >= 0.3 is 0 Å². The molecule has 3 rings (SSSR count). The molecule has 1 aliphatic rings. The van der Waals surface area contributed by atoms with Crippen LogP contribution in [0.3, 0.4) is 0 Å². The van der Waals surface area contributed by atoms with Crippen molar-refractivity contribution < 1.29 is 9.18 Å². The SMILES string of the molecule is CNC(=O)[C@H]1CN(Cc2ccc(Cl)cc2F)C[C@@H]1c1cnn(C)c1. The number of hydrogen-bond acceptors (Lipinski definition) is 3. The highest BCUT2D eigenvalue weighted by atomic mass is 35.5. The second-order valence-electron chi connectivity index (χ2n) is 6.20. The molecule has 128 valence electrons. The van der Waals surface area contributed by atoms with E-state index in [0.29, 0.717) is 30.2 Å². The van der Waals surface area contributed by atoms with E-state index in [4.69, 9.17) is 11.6 Å². The lowest BCUT2D eigenvalue weighted by Crippen LogP contribution is -2.32. The number of nitrogens with zero attached hydrogens (tertiary/aromatic N) is 3. The quantitative estimate of drug-likeness (QED) is 0.919. The summed E-state index contributed by atoms with van der Waals surface area (Å²) < 4.78 is 15.8. The molecule has 2 aromatic rings. The van der Waals surface area contributed by atoms with Crippen LogP contribution < -0.4 is 5.32 Å². The Morgan fingerprint density at radius 1 is 1.46 bits per heavy atom. The summed E-state index contributed by atoms with van der Waals surface area (Å²) >= 11 is 5.81. The van der Waals surface area contributed by atoms with E-state index in [0.717, 1.165) is 5.56 Å². The van der Waals surface area contributed by atoms with Crippen molar-refractivity contribution in [3.05, 3.63) is 52.6 Å². The first-order valence-corrected chi connectivity index (χ1v) is 8.22. The highest BCUT2D eigenvalue weighted by Crippen LogP contribution is 2.33. The minimum absolute atomic E-state index is 0.00271. The van der Waals surface area contributed by atoms with Gasteiger partial charge in [-0.25, -0.2) is 4.39 Å². The Bertz CT molecular complexity index is 748. The van der Waals surface area contributed by atoms with Crippen LogP contribution in [0.4, 0.5) is 4.39 Å². The molecule has 5 nitrogen and oxygen atoms in total. The predicted octanol–water partition coefficient (Wildman–Crippen LogP) is 2.17. The summed E-state index contributed by atoms with van der Waals surface area (Å²) in [5.41, 5.74) is 1.62. The first kappa shape index (κ1) is 16.9. The predicted molar refractivity (Wildman–Crippen MR) is 90.2 cm³/mol. The van der Waals surface area contributed by atoms with Gasteiger partial charge in [0.1, 0.15) is 5.82 Å². The minimum Gasteiger partial charge on any atom is -0.359 e. The molecule has 0 saturated carbocycles. The van der Waals surface area contributed by atoms with E-state index in [1.807, 2.05) is 13.2 Å². The van der Waals surface area contributed by atoms with Gasteiger partial charge in [-0.2, -0.15) is 5.10 Å². The first-order chi connectivity index (χ1) is 11.5. The normalized spacial score (nSPS) is 21.2. The minimum atomic E-state index is -0.316. The number of nitrogens with one attached hydrogen (secondary N) is 1. The van der Waals surface area contributed by atoms with E-state index in [1.54, 1.807) is 30.1 Å². The molecule has 1 fully saturated rings. The summed E-state index contributed by atoms with van der Waals surface area (Å²) in [6.45, 7) is 1.72. The van der Waals surface area contributed by atoms with Crippen molar-refractivity contribution in [2.75, 3.05) is 20.1 Å². The van der Waals surface area contributed by atoms with Gasteiger partial charge in [0.2, 0.25) is 5.91 Å². The maximum absolute atomic E-state index is 14.0. The molecule has 0 aliphatic carbocycles. The third-order valence-corrected chi connectivity index (χ3v) is 4.78. The first-order valence-electron chi connectivity index (χ1n) is 7.84. The second-order valence-corrected chi connectivity index (χ2v) is 6.64. The molecule has 2 atom stereocenters. The number of benzene rings is 1. The molecule has 0 bridgehead atoms. The van der Waals surface area contributed by atoms with E-state index in [1.165, 1.54) is 6.07 Å². The average molecular weight is 351 g/mol. The highest BCUT2D eigenvalue weighted by Gasteiger charge is 2.38. The molecule has 1 aliphatic heterocycles. The Morgan fingerprint density at radius 3 is 2.88 bits per heavy atom. The van der Waals surface area contributed by atoms with Gasteiger partial charge in [-0.3, -0.25) is 14.4 Å². The van der Waals surface area contributed by atoms with Gasteiger partial charge in [0.05, 0.1) is 12.1 Å². The van der Waals surface area contributed by atoms with Gasteiger partial charge in [0, 0.05) is 56.4 Å². The van der Waals surface area contributed by atoms with Gasteiger partial charge in [-0.15, -0.1) is 0 Å². The number of hydrogen-bond donors (Lipinski definition) is 1. The van der Waals surface area contributed by atoms with E-state index in [-0.39, 0.29) is 23.6 Å². The Kier molecular flexibility index (Phi) is 4.87. The Morgan fingerprint density at radius 2 is 2.25 bits per heavy atom. The van der Waals surface area contributed by atoms with Crippen molar-refractivity contribution in [3.63, 3.8) is 0 Å². The number of carbonyl (C=O) groups is 1. The maximum atomic E-state index is 14.0. The molecule has 1 saturated heterocycles. The van der Waals surface area contributed by atoms with Crippen LogP contribution in [0.25, 0.3) is 0 Å². The van der Waals surface area contributed by atoms with E-state index >= 15 is 0 Å². The van der Waals surface area contributed by atoms with Gasteiger partial charge in [-0.1, -0.05) is 17.7 Å². The van der Waals surface area contributed by atoms with Crippen molar-refractivity contribution in [3.8, 4) is 0 Å². The smallest absolute Gasteiger partial charge is 0.224 e. The number of halogens is 2. The molecule has 1 aromatic carbocycles. The van der Waals surface area contributed by atoms with Crippen LogP contribution in [0.5, 0.6) is 0 Å². The molecule has 1 N–H and O–H groups in total. The molecule has 2 heterocycles. The number of aromatic nitrogens is 2. The fraction of sp³-hybridized carbons (Fsp3) is 0.412. The van der Waals surface area contributed by atoms with Crippen LogP contribution in [-0.2, 0) is 18.4 Å². The largest absolute Gasteiger partial charge is 0.359 e. The van der Waals surface area contributed by atoms with Crippen LogP contribution in [-0.4, -0.2) is 40.7 Å². The van der Waals surface area contributed by atoms with Crippen LogP contribution in [0.15, 0.2) is 30.6 Å². The van der Waals surface area contributed by atoms with Gasteiger partial charge < -0.3 is 5.32 Å². The molecule has 24 heavy (non-hydrogen) atoms. The van der Waals surface area contributed by atoms with Crippen molar-refractivity contribution in [1.82, 2.24) is 20.0 Å². The van der Waals surface area contributed by atoms with Gasteiger partial charge in [0.25, 0.3) is 0 Å². The van der Waals surface area contributed by atoms with E-state index in [2.05, 4.69) is 15.3 Å². The lowest BCUT2D eigenvalue weighted by Gasteiger charge is -2.16.